The summed E-state index contributed by atoms with van der Waals surface area (Å²) in [7, 11) is 0. The van der Waals surface area contributed by atoms with Gasteiger partial charge in [-0.15, -0.1) is 0 Å². The van der Waals surface area contributed by atoms with Crippen LogP contribution in [0, 0.1) is 0 Å². The predicted molar refractivity (Wildman–Crippen MR) is 64.2 cm³/mol. The summed E-state index contributed by atoms with van der Waals surface area (Å²) in [5, 5.41) is 13.7. The second-order valence-electron chi connectivity index (χ2n) is 4.49. The Morgan fingerprint density at radius 3 is 2.78 bits per heavy atom. The van der Waals surface area contributed by atoms with Crippen LogP contribution < -0.4 is 5.73 Å². The van der Waals surface area contributed by atoms with Crippen molar-refractivity contribution in [1.82, 2.24) is 19.7 Å². The molecule has 2 aromatic heterocycles. The Bertz CT molecular complexity index is 615. The first-order chi connectivity index (χ1) is 8.68. The summed E-state index contributed by atoms with van der Waals surface area (Å²) >= 11 is 0. The van der Waals surface area contributed by atoms with Gasteiger partial charge in [-0.2, -0.15) is 5.10 Å². The summed E-state index contributed by atoms with van der Waals surface area (Å²) in [6, 6.07) is 0.217. The van der Waals surface area contributed by atoms with E-state index in [1.165, 1.54) is 6.33 Å². The summed E-state index contributed by atoms with van der Waals surface area (Å²) in [4.78, 5) is 19.2. The second kappa shape index (κ2) is 3.94. The van der Waals surface area contributed by atoms with Gasteiger partial charge in [-0.3, -0.25) is 0 Å². The van der Waals surface area contributed by atoms with Crippen molar-refractivity contribution < 1.29 is 9.90 Å². The summed E-state index contributed by atoms with van der Waals surface area (Å²) < 4.78 is 1.70. The average molecular weight is 247 g/mol. The Balaban J connectivity index is 2.26. The van der Waals surface area contributed by atoms with Crippen molar-refractivity contribution >= 4 is 22.8 Å². The van der Waals surface area contributed by atoms with Crippen LogP contribution in [0.3, 0.4) is 0 Å². The largest absolute Gasteiger partial charge is 0.476 e. The number of rotatable bonds is 2. The maximum absolute atomic E-state index is 11.2. The Morgan fingerprint density at radius 2 is 2.11 bits per heavy atom. The first-order valence-corrected chi connectivity index (χ1v) is 5.90. The Kier molecular flexibility index (Phi) is 2.39. The van der Waals surface area contributed by atoms with Gasteiger partial charge in [-0.1, -0.05) is 12.8 Å². The third-order valence-corrected chi connectivity index (χ3v) is 3.39. The lowest BCUT2D eigenvalue weighted by molar-refractivity contribution is 0.0691. The minimum absolute atomic E-state index is 0.0602. The number of fused-ring (bicyclic) bond motifs is 1. The van der Waals surface area contributed by atoms with Crippen molar-refractivity contribution in [2.45, 2.75) is 31.7 Å². The number of carboxylic acids is 1. The topological polar surface area (TPSA) is 107 Å². The van der Waals surface area contributed by atoms with Crippen LogP contribution >= 0.6 is 0 Å². The maximum Gasteiger partial charge on any atom is 0.357 e. The summed E-state index contributed by atoms with van der Waals surface area (Å²) in [6.45, 7) is 0. The highest BCUT2D eigenvalue weighted by Gasteiger charge is 2.26. The minimum atomic E-state index is -1.10. The van der Waals surface area contributed by atoms with Crippen LogP contribution in [0.5, 0.6) is 0 Å². The quantitative estimate of drug-likeness (QED) is 0.826. The van der Waals surface area contributed by atoms with Gasteiger partial charge in [0, 0.05) is 0 Å². The van der Waals surface area contributed by atoms with E-state index in [0.717, 1.165) is 25.7 Å². The van der Waals surface area contributed by atoms with Gasteiger partial charge in [0.05, 0.1) is 11.4 Å². The van der Waals surface area contributed by atoms with Crippen molar-refractivity contribution in [1.29, 1.82) is 0 Å². The van der Waals surface area contributed by atoms with E-state index in [4.69, 9.17) is 5.73 Å². The molecule has 94 valence electrons. The molecule has 1 aliphatic carbocycles. The molecular formula is C11H13N5O2. The van der Waals surface area contributed by atoms with Crippen molar-refractivity contribution in [3.63, 3.8) is 0 Å². The fourth-order valence-electron chi connectivity index (χ4n) is 2.55. The number of aromatic carboxylic acids is 1. The fraction of sp³-hybridized carbons (Fsp3) is 0.455. The zero-order chi connectivity index (χ0) is 12.7. The molecule has 18 heavy (non-hydrogen) atoms. The van der Waals surface area contributed by atoms with Gasteiger partial charge in [-0.25, -0.2) is 19.4 Å². The first kappa shape index (κ1) is 10.9. The van der Waals surface area contributed by atoms with E-state index >= 15 is 0 Å². The zero-order valence-electron chi connectivity index (χ0n) is 9.70. The van der Waals surface area contributed by atoms with Crippen molar-refractivity contribution in [2.24, 2.45) is 0 Å². The number of carboxylic acid groups (broad SMARTS) is 1. The molecule has 0 spiro atoms. The molecule has 0 saturated heterocycles. The maximum atomic E-state index is 11.2. The Labute approximate surface area is 103 Å². The highest BCUT2D eigenvalue weighted by molar-refractivity contribution is 6.04. The van der Waals surface area contributed by atoms with Gasteiger partial charge < -0.3 is 10.8 Å². The summed E-state index contributed by atoms with van der Waals surface area (Å²) in [5.41, 5.74) is 6.20. The highest BCUT2D eigenvalue weighted by atomic mass is 16.4. The van der Waals surface area contributed by atoms with Gasteiger partial charge in [0.15, 0.2) is 11.3 Å². The number of anilines is 1. The lowest BCUT2D eigenvalue weighted by Gasteiger charge is -2.09. The average Bonchev–Trinajstić information content (AvgIpc) is 2.95. The lowest BCUT2D eigenvalue weighted by atomic mass is 10.2. The second-order valence-corrected chi connectivity index (χ2v) is 4.49. The predicted octanol–water partition coefficient (Wildman–Crippen LogP) is 1.22. The monoisotopic (exact) mass is 247 g/mol. The van der Waals surface area contributed by atoms with Gasteiger partial charge in [-0.05, 0) is 12.8 Å². The number of nitrogen functional groups attached to an aromatic ring is 1. The number of aromatic nitrogens is 4. The molecule has 2 heterocycles. The van der Waals surface area contributed by atoms with Crippen LogP contribution in [0.4, 0.5) is 5.82 Å². The highest BCUT2D eigenvalue weighted by Crippen LogP contribution is 2.33. The van der Waals surface area contributed by atoms with E-state index in [1.807, 2.05) is 0 Å². The number of hydrogen-bond acceptors (Lipinski definition) is 5. The zero-order valence-corrected chi connectivity index (χ0v) is 9.70. The third-order valence-electron chi connectivity index (χ3n) is 3.39. The lowest BCUT2D eigenvalue weighted by Crippen LogP contribution is -2.08. The van der Waals surface area contributed by atoms with Gasteiger partial charge >= 0.3 is 5.97 Å². The van der Waals surface area contributed by atoms with Crippen LogP contribution in [0.1, 0.15) is 42.2 Å². The molecule has 3 rings (SSSR count). The fourth-order valence-corrected chi connectivity index (χ4v) is 2.55. The van der Waals surface area contributed by atoms with Gasteiger partial charge in [0.25, 0.3) is 0 Å². The molecule has 1 aliphatic rings. The summed E-state index contributed by atoms with van der Waals surface area (Å²) in [5.74, 6) is -0.931. The molecular weight excluding hydrogens is 234 g/mol. The molecule has 2 aromatic rings. The van der Waals surface area contributed by atoms with E-state index in [2.05, 4.69) is 15.1 Å². The van der Waals surface area contributed by atoms with Gasteiger partial charge in [0.1, 0.15) is 12.1 Å². The molecule has 0 bridgehead atoms. The standard InChI is InChI=1S/C11H13N5O2/c12-9-7-8(11(17)18)15-16(6-3-1-2-4-6)10(7)14-5-13-9/h5-6H,1-4H2,(H,17,18)(H2,12,13,14). The van der Waals surface area contributed by atoms with E-state index in [1.54, 1.807) is 4.68 Å². The number of hydrogen-bond donors (Lipinski definition) is 2. The normalized spacial score (nSPS) is 16.4. The van der Waals surface area contributed by atoms with Crippen molar-refractivity contribution in [3.8, 4) is 0 Å². The Hall–Kier alpha value is -2.18. The molecule has 0 unspecified atom stereocenters. The molecule has 3 N–H and O–H groups in total. The third kappa shape index (κ3) is 1.51. The molecule has 0 radical (unpaired) electrons. The first-order valence-electron chi connectivity index (χ1n) is 5.90. The number of carbonyl (C=O) groups is 1. The molecule has 0 aromatic carbocycles. The number of nitrogens with two attached hydrogens (primary N) is 1. The SMILES string of the molecule is Nc1ncnc2c1c(C(=O)O)nn2C1CCCC1. The smallest absolute Gasteiger partial charge is 0.357 e. The number of nitrogens with zero attached hydrogens (tertiary/aromatic N) is 4. The van der Waals surface area contributed by atoms with E-state index in [-0.39, 0.29) is 17.6 Å². The van der Waals surface area contributed by atoms with Crippen molar-refractivity contribution in [2.75, 3.05) is 5.73 Å². The van der Waals surface area contributed by atoms with E-state index < -0.39 is 5.97 Å². The van der Waals surface area contributed by atoms with Crippen LogP contribution in [0.25, 0.3) is 11.0 Å². The van der Waals surface area contributed by atoms with Crippen LogP contribution in [0.2, 0.25) is 0 Å². The molecule has 1 fully saturated rings. The molecule has 7 nitrogen and oxygen atoms in total. The van der Waals surface area contributed by atoms with Crippen LogP contribution in [0.15, 0.2) is 6.33 Å². The van der Waals surface area contributed by atoms with Crippen LogP contribution in [-0.4, -0.2) is 30.8 Å². The molecule has 1 saturated carbocycles. The van der Waals surface area contributed by atoms with E-state index in [9.17, 15) is 9.90 Å². The van der Waals surface area contributed by atoms with Crippen LogP contribution in [-0.2, 0) is 0 Å². The molecule has 0 amide bonds. The van der Waals surface area contributed by atoms with Crippen molar-refractivity contribution in [3.05, 3.63) is 12.0 Å². The minimum Gasteiger partial charge on any atom is -0.476 e. The molecule has 0 aliphatic heterocycles. The Morgan fingerprint density at radius 1 is 1.39 bits per heavy atom. The van der Waals surface area contributed by atoms with Gasteiger partial charge in [0.2, 0.25) is 0 Å². The summed E-state index contributed by atoms with van der Waals surface area (Å²) in [6.07, 6.45) is 5.61. The molecule has 7 heteroatoms. The van der Waals surface area contributed by atoms with E-state index in [0.29, 0.717) is 11.0 Å². The molecule has 0 atom stereocenters.